The Morgan fingerprint density at radius 1 is 1.05 bits per heavy atom. The highest BCUT2D eigenvalue weighted by Crippen LogP contribution is 2.32. The monoisotopic (exact) mass is 344 g/mol. The number of carbonyl (C=O) groups excluding carboxylic acids is 1. The Balaban J connectivity index is 2.29. The van der Waals surface area contributed by atoms with Gasteiger partial charge in [0.05, 0.1) is 26.9 Å². The zero-order chi connectivity index (χ0) is 15.6. The second kappa shape index (κ2) is 6.30. The van der Waals surface area contributed by atoms with Gasteiger partial charge in [0, 0.05) is 6.20 Å². The molecule has 1 aromatic carbocycles. The molecule has 0 saturated carbocycles. The Bertz CT molecular complexity index is 694. The van der Waals surface area contributed by atoms with Crippen LogP contribution in [-0.2, 0) is 0 Å². The van der Waals surface area contributed by atoms with Gasteiger partial charge >= 0.3 is 5.97 Å². The van der Waals surface area contributed by atoms with Crippen LogP contribution in [0.4, 0.5) is 5.69 Å². The number of hydrogen-bond acceptors (Lipinski definition) is 3. The fourth-order valence-electron chi connectivity index (χ4n) is 1.51. The first-order chi connectivity index (χ1) is 9.88. The summed E-state index contributed by atoms with van der Waals surface area (Å²) in [6.07, 6.45) is 1.30. The molecule has 0 aliphatic rings. The number of carbonyl (C=O) groups is 2. The predicted molar refractivity (Wildman–Crippen MR) is 80.6 cm³/mol. The van der Waals surface area contributed by atoms with Crippen molar-refractivity contribution in [1.82, 2.24) is 4.98 Å². The minimum absolute atomic E-state index is 0.0233. The minimum Gasteiger partial charge on any atom is -0.478 e. The molecule has 8 heteroatoms. The highest BCUT2D eigenvalue weighted by atomic mass is 35.5. The number of aromatic carboxylic acids is 1. The van der Waals surface area contributed by atoms with Gasteiger partial charge in [-0.25, -0.2) is 9.78 Å². The van der Waals surface area contributed by atoms with Crippen molar-refractivity contribution in [2.45, 2.75) is 0 Å². The molecule has 1 aromatic heterocycles. The summed E-state index contributed by atoms with van der Waals surface area (Å²) in [6, 6.07) is 5.35. The van der Waals surface area contributed by atoms with Crippen molar-refractivity contribution in [1.29, 1.82) is 0 Å². The Hall–Kier alpha value is -1.82. The Morgan fingerprint density at radius 3 is 2.14 bits per heavy atom. The maximum absolute atomic E-state index is 12.0. The largest absolute Gasteiger partial charge is 0.478 e. The van der Waals surface area contributed by atoms with Crippen LogP contribution in [0.25, 0.3) is 0 Å². The summed E-state index contributed by atoms with van der Waals surface area (Å²) in [4.78, 5) is 26.7. The number of rotatable bonds is 3. The van der Waals surface area contributed by atoms with Gasteiger partial charge < -0.3 is 10.4 Å². The van der Waals surface area contributed by atoms with Gasteiger partial charge in [0.15, 0.2) is 0 Å². The van der Waals surface area contributed by atoms with Crippen LogP contribution in [0.3, 0.4) is 0 Å². The fraction of sp³-hybridized carbons (Fsp3) is 0. The lowest BCUT2D eigenvalue weighted by Crippen LogP contribution is -2.13. The third-order valence-corrected chi connectivity index (χ3v) is 3.34. The summed E-state index contributed by atoms with van der Waals surface area (Å²) < 4.78 is 0. The molecule has 0 unspecified atom stereocenters. The topological polar surface area (TPSA) is 79.3 Å². The highest BCUT2D eigenvalue weighted by Gasteiger charge is 2.15. The first-order valence-electron chi connectivity index (χ1n) is 5.53. The van der Waals surface area contributed by atoms with E-state index in [1.807, 2.05) is 0 Å². The second-order valence-electron chi connectivity index (χ2n) is 3.94. The fourth-order valence-corrected chi connectivity index (χ4v) is 2.21. The molecule has 0 radical (unpaired) electrons. The van der Waals surface area contributed by atoms with Crippen molar-refractivity contribution in [3.8, 4) is 0 Å². The number of amides is 1. The zero-order valence-electron chi connectivity index (χ0n) is 10.2. The van der Waals surface area contributed by atoms with Crippen LogP contribution >= 0.6 is 34.8 Å². The Kier molecular flexibility index (Phi) is 4.67. The van der Waals surface area contributed by atoms with Crippen LogP contribution in [-0.4, -0.2) is 22.0 Å². The molecule has 0 saturated heterocycles. The minimum atomic E-state index is -1.17. The van der Waals surface area contributed by atoms with Gasteiger partial charge in [-0.15, -0.1) is 0 Å². The van der Waals surface area contributed by atoms with E-state index in [2.05, 4.69) is 10.3 Å². The highest BCUT2D eigenvalue weighted by molar-refractivity contribution is 6.40. The van der Waals surface area contributed by atoms with E-state index in [1.54, 1.807) is 0 Å². The zero-order valence-corrected chi connectivity index (χ0v) is 12.5. The van der Waals surface area contributed by atoms with E-state index < -0.39 is 11.9 Å². The lowest BCUT2D eigenvalue weighted by atomic mass is 10.2. The molecule has 2 aromatic rings. The molecule has 1 amide bonds. The predicted octanol–water partition coefficient (Wildman–Crippen LogP) is 3.99. The number of hydrogen-bond donors (Lipinski definition) is 2. The van der Waals surface area contributed by atoms with Gasteiger partial charge in [-0.2, -0.15) is 0 Å². The first kappa shape index (κ1) is 15.6. The average molecular weight is 346 g/mol. The molecule has 1 heterocycles. The third kappa shape index (κ3) is 3.64. The molecular formula is C13H7Cl3N2O3. The summed E-state index contributed by atoms with van der Waals surface area (Å²) in [5.74, 6) is -1.66. The van der Waals surface area contributed by atoms with E-state index in [4.69, 9.17) is 39.9 Å². The lowest BCUT2D eigenvalue weighted by Gasteiger charge is -2.10. The van der Waals surface area contributed by atoms with Gasteiger partial charge in [0.1, 0.15) is 5.15 Å². The number of anilines is 1. The average Bonchev–Trinajstić information content (AvgIpc) is 2.43. The van der Waals surface area contributed by atoms with E-state index in [9.17, 15) is 9.59 Å². The Labute approximate surface area is 134 Å². The number of nitrogens with one attached hydrogen (secondary N) is 1. The summed E-state index contributed by atoms with van der Waals surface area (Å²) in [5, 5.41) is 11.7. The van der Waals surface area contributed by atoms with Crippen LogP contribution in [0.5, 0.6) is 0 Å². The third-order valence-electron chi connectivity index (χ3n) is 2.52. The molecule has 2 N–H and O–H groups in total. The van der Waals surface area contributed by atoms with Crippen molar-refractivity contribution < 1.29 is 14.7 Å². The number of halogens is 3. The SMILES string of the molecule is O=C(O)c1cc(Cl)c(NC(=O)c2ccc(Cl)nc2)c(Cl)c1. The smallest absolute Gasteiger partial charge is 0.335 e. The van der Waals surface area contributed by atoms with E-state index in [0.717, 1.165) is 0 Å². The van der Waals surface area contributed by atoms with Crippen LogP contribution in [0.15, 0.2) is 30.5 Å². The number of benzene rings is 1. The van der Waals surface area contributed by atoms with Crippen molar-refractivity contribution in [2.24, 2.45) is 0 Å². The molecule has 0 atom stereocenters. The van der Waals surface area contributed by atoms with Crippen molar-refractivity contribution in [3.05, 3.63) is 56.8 Å². The second-order valence-corrected chi connectivity index (χ2v) is 5.15. The summed E-state index contributed by atoms with van der Waals surface area (Å²) in [5.41, 5.74) is 0.313. The molecule has 0 bridgehead atoms. The number of pyridine rings is 1. The maximum atomic E-state index is 12.0. The van der Waals surface area contributed by atoms with Gasteiger partial charge in [0.25, 0.3) is 5.91 Å². The van der Waals surface area contributed by atoms with Crippen LogP contribution < -0.4 is 5.32 Å². The maximum Gasteiger partial charge on any atom is 0.335 e. The normalized spacial score (nSPS) is 10.2. The molecular weight excluding hydrogens is 339 g/mol. The van der Waals surface area contributed by atoms with E-state index in [-0.39, 0.29) is 32.0 Å². The molecule has 0 fully saturated rings. The van der Waals surface area contributed by atoms with Gasteiger partial charge in [0.2, 0.25) is 0 Å². The molecule has 0 aliphatic carbocycles. The number of aromatic nitrogens is 1. The van der Waals surface area contributed by atoms with Crippen molar-refractivity contribution >= 4 is 52.4 Å². The number of carboxylic acids is 1. The summed E-state index contributed by atoms with van der Waals surface area (Å²) in [7, 11) is 0. The summed E-state index contributed by atoms with van der Waals surface area (Å²) in [6.45, 7) is 0. The van der Waals surface area contributed by atoms with E-state index in [1.165, 1.54) is 30.5 Å². The van der Waals surface area contributed by atoms with Crippen molar-refractivity contribution in [3.63, 3.8) is 0 Å². The van der Waals surface area contributed by atoms with Gasteiger partial charge in [-0.1, -0.05) is 34.8 Å². The van der Waals surface area contributed by atoms with Gasteiger partial charge in [-0.3, -0.25) is 4.79 Å². The van der Waals surface area contributed by atoms with Crippen LogP contribution in [0.2, 0.25) is 15.2 Å². The quantitative estimate of drug-likeness (QED) is 0.824. The molecule has 2 rings (SSSR count). The van der Waals surface area contributed by atoms with Crippen molar-refractivity contribution in [2.75, 3.05) is 5.32 Å². The van der Waals surface area contributed by atoms with Gasteiger partial charge in [-0.05, 0) is 24.3 Å². The summed E-state index contributed by atoms with van der Waals surface area (Å²) >= 11 is 17.5. The van der Waals surface area contributed by atoms with Crippen LogP contribution in [0.1, 0.15) is 20.7 Å². The first-order valence-corrected chi connectivity index (χ1v) is 6.67. The van der Waals surface area contributed by atoms with E-state index >= 15 is 0 Å². The number of carboxylic acid groups (broad SMARTS) is 1. The number of nitrogens with zero attached hydrogens (tertiary/aromatic N) is 1. The molecule has 5 nitrogen and oxygen atoms in total. The van der Waals surface area contributed by atoms with Crippen LogP contribution in [0, 0.1) is 0 Å². The molecule has 108 valence electrons. The molecule has 0 aliphatic heterocycles. The van der Waals surface area contributed by atoms with E-state index in [0.29, 0.717) is 0 Å². The standard InChI is InChI=1S/C13H7Cl3N2O3/c14-8-3-7(13(20)21)4-9(15)11(8)18-12(19)6-1-2-10(16)17-5-6/h1-5H,(H,18,19)(H,20,21). The Morgan fingerprint density at radius 2 is 1.67 bits per heavy atom. The lowest BCUT2D eigenvalue weighted by molar-refractivity contribution is 0.0696. The molecule has 0 spiro atoms. The molecule has 21 heavy (non-hydrogen) atoms.